The molecule has 0 saturated heterocycles. The Labute approximate surface area is 108 Å². The van der Waals surface area contributed by atoms with Crippen molar-refractivity contribution in [3.63, 3.8) is 0 Å². The van der Waals surface area contributed by atoms with Gasteiger partial charge in [-0.2, -0.15) is 0 Å². The molecule has 0 saturated carbocycles. The zero-order valence-electron chi connectivity index (χ0n) is 11.4. The van der Waals surface area contributed by atoms with E-state index in [1.165, 1.54) is 7.11 Å². The second kappa shape index (κ2) is 6.40. The minimum atomic E-state index is -0.710. The number of rotatable bonds is 6. The van der Waals surface area contributed by atoms with Crippen LogP contribution in [-0.2, 0) is 9.53 Å². The maximum absolute atomic E-state index is 11.6. The summed E-state index contributed by atoms with van der Waals surface area (Å²) < 4.78 is 10.4. The number of methoxy groups -OCH3 is 1. The molecule has 1 aromatic rings. The predicted molar refractivity (Wildman–Crippen MR) is 70.8 cm³/mol. The van der Waals surface area contributed by atoms with Gasteiger partial charge in [-0.1, -0.05) is 12.1 Å². The SMILES string of the molecule is CNC(C)(CCOc1cccc(C)c1)C(=O)OC. The fourth-order valence-corrected chi connectivity index (χ4v) is 1.63. The van der Waals surface area contributed by atoms with Gasteiger partial charge in [-0.05, 0) is 38.6 Å². The van der Waals surface area contributed by atoms with Gasteiger partial charge >= 0.3 is 5.97 Å². The van der Waals surface area contributed by atoms with E-state index in [-0.39, 0.29) is 5.97 Å². The minimum absolute atomic E-state index is 0.280. The molecular formula is C14H21NO3. The molecule has 4 heteroatoms. The molecule has 0 bridgehead atoms. The lowest BCUT2D eigenvalue weighted by molar-refractivity contribution is -0.148. The second-order valence-corrected chi connectivity index (χ2v) is 4.49. The number of hydrogen-bond donors (Lipinski definition) is 1. The molecule has 1 N–H and O–H groups in total. The summed E-state index contributed by atoms with van der Waals surface area (Å²) >= 11 is 0. The van der Waals surface area contributed by atoms with Gasteiger partial charge in [0.1, 0.15) is 11.3 Å². The third-order valence-corrected chi connectivity index (χ3v) is 3.05. The zero-order valence-corrected chi connectivity index (χ0v) is 11.4. The van der Waals surface area contributed by atoms with Crippen LogP contribution < -0.4 is 10.1 Å². The molecule has 18 heavy (non-hydrogen) atoms. The molecule has 1 rings (SSSR count). The Hall–Kier alpha value is -1.55. The molecule has 0 heterocycles. The molecular weight excluding hydrogens is 230 g/mol. The number of carbonyl (C=O) groups excluding carboxylic acids is 1. The van der Waals surface area contributed by atoms with Crippen LogP contribution in [0.25, 0.3) is 0 Å². The summed E-state index contributed by atoms with van der Waals surface area (Å²) in [4.78, 5) is 11.6. The molecule has 100 valence electrons. The van der Waals surface area contributed by atoms with Gasteiger partial charge in [0.05, 0.1) is 13.7 Å². The fraction of sp³-hybridized carbons (Fsp3) is 0.500. The molecule has 0 spiro atoms. The van der Waals surface area contributed by atoms with Crippen LogP contribution in [0.1, 0.15) is 18.9 Å². The van der Waals surface area contributed by atoms with Crippen molar-refractivity contribution >= 4 is 5.97 Å². The van der Waals surface area contributed by atoms with Crippen molar-refractivity contribution in [3.8, 4) is 5.75 Å². The molecule has 0 aliphatic carbocycles. The Morgan fingerprint density at radius 1 is 1.44 bits per heavy atom. The largest absolute Gasteiger partial charge is 0.493 e. The van der Waals surface area contributed by atoms with E-state index in [1.807, 2.05) is 31.2 Å². The van der Waals surface area contributed by atoms with Crippen LogP contribution in [0.5, 0.6) is 5.75 Å². The first-order chi connectivity index (χ1) is 8.51. The van der Waals surface area contributed by atoms with Gasteiger partial charge in [-0.25, -0.2) is 0 Å². The highest BCUT2D eigenvalue weighted by Crippen LogP contribution is 2.15. The van der Waals surface area contributed by atoms with E-state index in [0.717, 1.165) is 11.3 Å². The Bertz CT molecular complexity index is 406. The molecule has 1 unspecified atom stereocenters. The van der Waals surface area contributed by atoms with Crippen LogP contribution in [0.3, 0.4) is 0 Å². The highest BCUT2D eigenvalue weighted by atomic mass is 16.5. The molecule has 0 amide bonds. The van der Waals surface area contributed by atoms with Crippen molar-refractivity contribution in [3.05, 3.63) is 29.8 Å². The van der Waals surface area contributed by atoms with E-state index < -0.39 is 5.54 Å². The number of likely N-dealkylation sites (N-methyl/N-ethyl adjacent to an activating group) is 1. The third kappa shape index (κ3) is 3.74. The monoisotopic (exact) mass is 251 g/mol. The van der Waals surface area contributed by atoms with E-state index >= 15 is 0 Å². The number of nitrogens with one attached hydrogen (secondary N) is 1. The molecule has 0 radical (unpaired) electrons. The Kier molecular flexibility index (Phi) is 5.16. The van der Waals surface area contributed by atoms with E-state index in [1.54, 1.807) is 14.0 Å². The average molecular weight is 251 g/mol. The van der Waals surface area contributed by atoms with Gasteiger partial charge < -0.3 is 14.8 Å². The van der Waals surface area contributed by atoms with Gasteiger partial charge in [0.2, 0.25) is 0 Å². The van der Waals surface area contributed by atoms with E-state index in [4.69, 9.17) is 9.47 Å². The van der Waals surface area contributed by atoms with Crippen molar-refractivity contribution in [1.82, 2.24) is 5.32 Å². The maximum Gasteiger partial charge on any atom is 0.325 e. The Morgan fingerprint density at radius 2 is 2.17 bits per heavy atom. The Balaban J connectivity index is 2.52. The van der Waals surface area contributed by atoms with Crippen LogP contribution in [0.2, 0.25) is 0 Å². The Morgan fingerprint density at radius 3 is 2.72 bits per heavy atom. The zero-order chi connectivity index (χ0) is 13.6. The number of hydrogen-bond acceptors (Lipinski definition) is 4. The van der Waals surface area contributed by atoms with Crippen molar-refractivity contribution in [2.75, 3.05) is 20.8 Å². The van der Waals surface area contributed by atoms with Crippen LogP contribution in [0.4, 0.5) is 0 Å². The molecule has 4 nitrogen and oxygen atoms in total. The van der Waals surface area contributed by atoms with Gasteiger partial charge in [-0.15, -0.1) is 0 Å². The van der Waals surface area contributed by atoms with E-state index in [9.17, 15) is 4.79 Å². The van der Waals surface area contributed by atoms with Crippen molar-refractivity contribution in [2.24, 2.45) is 0 Å². The summed E-state index contributed by atoms with van der Waals surface area (Å²) in [7, 11) is 3.13. The number of benzene rings is 1. The topological polar surface area (TPSA) is 47.6 Å². The number of esters is 1. The molecule has 1 aromatic carbocycles. The van der Waals surface area contributed by atoms with Crippen LogP contribution in [0.15, 0.2) is 24.3 Å². The maximum atomic E-state index is 11.6. The number of aryl methyl sites for hydroxylation is 1. The summed E-state index contributed by atoms with van der Waals surface area (Å²) in [6.07, 6.45) is 0.546. The predicted octanol–water partition coefficient (Wildman–Crippen LogP) is 1.92. The minimum Gasteiger partial charge on any atom is -0.493 e. The standard InChI is InChI=1S/C14H21NO3/c1-11-6-5-7-12(10-11)18-9-8-14(2,15-3)13(16)17-4/h5-7,10,15H,8-9H2,1-4H3. The van der Waals surface area contributed by atoms with Crippen LogP contribution in [-0.4, -0.2) is 32.3 Å². The first kappa shape index (κ1) is 14.5. The lowest BCUT2D eigenvalue weighted by Crippen LogP contribution is -2.49. The van der Waals surface area contributed by atoms with Gasteiger partial charge in [0.15, 0.2) is 0 Å². The van der Waals surface area contributed by atoms with Crippen LogP contribution in [0, 0.1) is 6.92 Å². The summed E-state index contributed by atoms with van der Waals surface area (Å²) in [6, 6.07) is 7.83. The normalized spacial score (nSPS) is 13.8. The molecule has 0 aliphatic rings. The first-order valence-corrected chi connectivity index (χ1v) is 5.98. The first-order valence-electron chi connectivity index (χ1n) is 5.98. The second-order valence-electron chi connectivity index (χ2n) is 4.49. The van der Waals surface area contributed by atoms with Gasteiger partial charge in [0.25, 0.3) is 0 Å². The summed E-state index contributed by atoms with van der Waals surface area (Å²) in [5, 5.41) is 2.97. The molecule has 0 aromatic heterocycles. The molecule has 1 atom stereocenters. The summed E-state index contributed by atoms with van der Waals surface area (Å²) in [6.45, 7) is 4.27. The lowest BCUT2D eigenvalue weighted by Gasteiger charge is -2.25. The van der Waals surface area contributed by atoms with E-state index in [2.05, 4.69) is 5.32 Å². The smallest absolute Gasteiger partial charge is 0.325 e. The molecule has 0 fully saturated rings. The highest BCUT2D eigenvalue weighted by Gasteiger charge is 2.32. The van der Waals surface area contributed by atoms with E-state index in [0.29, 0.717) is 13.0 Å². The van der Waals surface area contributed by atoms with Crippen molar-refractivity contribution < 1.29 is 14.3 Å². The number of ether oxygens (including phenoxy) is 2. The number of carbonyl (C=O) groups is 1. The fourth-order valence-electron chi connectivity index (χ4n) is 1.63. The third-order valence-electron chi connectivity index (χ3n) is 3.05. The average Bonchev–Trinajstić information content (AvgIpc) is 2.37. The van der Waals surface area contributed by atoms with Crippen molar-refractivity contribution in [2.45, 2.75) is 25.8 Å². The van der Waals surface area contributed by atoms with Crippen LogP contribution >= 0.6 is 0 Å². The summed E-state index contributed by atoms with van der Waals surface area (Å²) in [5.41, 5.74) is 0.440. The quantitative estimate of drug-likeness (QED) is 0.785. The summed E-state index contributed by atoms with van der Waals surface area (Å²) in [5.74, 6) is 0.538. The lowest BCUT2D eigenvalue weighted by atomic mass is 9.99. The molecule has 0 aliphatic heterocycles. The van der Waals surface area contributed by atoms with Gasteiger partial charge in [0, 0.05) is 6.42 Å². The van der Waals surface area contributed by atoms with Gasteiger partial charge in [-0.3, -0.25) is 4.79 Å². The van der Waals surface area contributed by atoms with Crippen molar-refractivity contribution in [1.29, 1.82) is 0 Å². The highest BCUT2D eigenvalue weighted by molar-refractivity contribution is 5.80.